The summed E-state index contributed by atoms with van der Waals surface area (Å²) in [6.07, 6.45) is 19.1. The average Bonchev–Trinajstić information content (AvgIpc) is 3.02. The molecule has 254 valence electrons. The monoisotopic (exact) mass is 619 g/mol. The lowest BCUT2D eigenvalue weighted by molar-refractivity contribution is 0.151. The predicted molar refractivity (Wildman–Crippen MR) is 186 cm³/mol. The lowest BCUT2D eigenvalue weighted by Crippen LogP contribution is -2.27. The SMILES string of the molecule is CCCCCCCCCN(CC)CCCOC(=O)Nc1cccc(NC(=O)OCCCN(CC)CCCCCCCCC)c1. The van der Waals surface area contributed by atoms with Crippen LogP contribution in [0.3, 0.4) is 0 Å². The van der Waals surface area contributed by atoms with Gasteiger partial charge in [-0.3, -0.25) is 10.6 Å². The molecule has 2 N–H and O–H groups in total. The molecule has 1 aromatic rings. The molecule has 0 spiro atoms. The van der Waals surface area contributed by atoms with Crippen molar-refractivity contribution in [2.24, 2.45) is 0 Å². The zero-order valence-corrected chi connectivity index (χ0v) is 28.8. The summed E-state index contributed by atoms with van der Waals surface area (Å²) in [5.41, 5.74) is 1.12. The topological polar surface area (TPSA) is 83.1 Å². The Morgan fingerprint density at radius 2 is 0.909 bits per heavy atom. The second kappa shape index (κ2) is 28.2. The van der Waals surface area contributed by atoms with Crippen LogP contribution in [0.2, 0.25) is 0 Å². The molecule has 0 atom stereocenters. The minimum Gasteiger partial charge on any atom is -0.449 e. The van der Waals surface area contributed by atoms with Gasteiger partial charge in [0.2, 0.25) is 0 Å². The van der Waals surface area contributed by atoms with Crippen molar-refractivity contribution in [1.29, 1.82) is 0 Å². The van der Waals surface area contributed by atoms with E-state index in [1.165, 1.54) is 89.9 Å². The first-order valence-corrected chi connectivity index (χ1v) is 17.9. The molecule has 1 aromatic carbocycles. The minimum atomic E-state index is -0.489. The number of anilines is 2. The van der Waals surface area contributed by atoms with Crippen molar-refractivity contribution in [3.63, 3.8) is 0 Å². The van der Waals surface area contributed by atoms with Crippen molar-refractivity contribution in [2.45, 2.75) is 130 Å². The fraction of sp³-hybridized carbons (Fsp3) is 0.778. The van der Waals surface area contributed by atoms with E-state index in [4.69, 9.17) is 9.47 Å². The lowest BCUT2D eigenvalue weighted by Gasteiger charge is -2.20. The van der Waals surface area contributed by atoms with Gasteiger partial charge in [0, 0.05) is 24.5 Å². The first kappa shape index (κ1) is 39.7. The summed E-state index contributed by atoms with van der Waals surface area (Å²) in [6.45, 7) is 15.7. The summed E-state index contributed by atoms with van der Waals surface area (Å²) < 4.78 is 10.8. The number of nitrogens with zero attached hydrogens (tertiary/aromatic N) is 2. The highest BCUT2D eigenvalue weighted by Crippen LogP contribution is 2.16. The largest absolute Gasteiger partial charge is 0.449 e. The average molecular weight is 619 g/mol. The van der Waals surface area contributed by atoms with Crippen LogP contribution in [0.25, 0.3) is 0 Å². The maximum Gasteiger partial charge on any atom is 0.411 e. The van der Waals surface area contributed by atoms with E-state index >= 15 is 0 Å². The maximum absolute atomic E-state index is 12.3. The number of benzene rings is 1. The van der Waals surface area contributed by atoms with E-state index in [2.05, 4.69) is 48.1 Å². The van der Waals surface area contributed by atoms with Gasteiger partial charge < -0.3 is 19.3 Å². The third kappa shape index (κ3) is 22.2. The zero-order chi connectivity index (χ0) is 32.1. The predicted octanol–water partition coefficient (Wildman–Crippen LogP) is 9.71. The highest BCUT2D eigenvalue weighted by molar-refractivity contribution is 5.88. The number of hydrogen-bond donors (Lipinski definition) is 2. The zero-order valence-electron chi connectivity index (χ0n) is 28.8. The van der Waals surface area contributed by atoms with Gasteiger partial charge in [0.15, 0.2) is 0 Å². The van der Waals surface area contributed by atoms with Crippen molar-refractivity contribution < 1.29 is 19.1 Å². The number of rotatable bonds is 28. The molecule has 0 heterocycles. The molecule has 0 aliphatic rings. The second-order valence-electron chi connectivity index (χ2n) is 11.9. The number of carbonyl (C=O) groups is 2. The molecule has 0 aromatic heterocycles. The van der Waals surface area contributed by atoms with Crippen LogP contribution in [0.4, 0.5) is 21.0 Å². The van der Waals surface area contributed by atoms with Gasteiger partial charge in [-0.2, -0.15) is 0 Å². The second-order valence-corrected chi connectivity index (χ2v) is 11.9. The highest BCUT2D eigenvalue weighted by Gasteiger charge is 2.09. The summed E-state index contributed by atoms with van der Waals surface area (Å²) in [6, 6.07) is 7.01. The van der Waals surface area contributed by atoms with E-state index in [-0.39, 0.29) is 0 Å². The number of hydrogen-bond acceptors (Lipinski definition) is 6. The van der Waals surface area contributed by atoms with Crippen molar-refractivity contribution in [2.75, 3.05) is 63.1 Å². The molecule has 2 amide bonds. The lowest BCUT2D eigenvalue weighted by atomic mass is 10.1. The molecular weight excluding hydrogens is 552 g/mol. The molecule has 0 unspecified atom stereocenters. The first-order chi connectivity index (χ1) is 21.5. The summed E-state index contributed by atoms with van der Waals surface area (Å²) in [5.74, 6) is 0. The highest BCUT2D eigenvalue weighted by atomic mass is 16.6. The Labute approximate surface area is 270 Å². The molecule has 0 radical (unpaired) electrons. The normalized spacial score (nSPS) is 11.2. The van der Waals surface area contributed by atoms with Gasteiger partial charge in [-0.25, -0.2) is 9.59 Å². The Balaban J connectivity index is 2.20. The maximum atomic E-state index is 12.3. The van der Waals surface area contributed by atoms with Gasteiger partial charge in [-0.05, 0) is 70.1 Å². The van der Waals surface area contributed by atoms with E-state index in [9.17, 15) is 9.59 Å². The fourth-order valence-electron chi connectivity index (χ4n) is 5.33. The van der Waals surface area contributed by atoms with Crippen LogP contribution in [-0.2, 0) is 9.47 Å². The van der Waals surface area contributed by atoms with Gasteiger partial charge in [0.1, 0.15) is 0 Å². The van der Waals surface area contributed by atoms with E-state index in [1.807, 2.05) is 0 Å². The third-order valence-electron chi connectivity index (χ3n) is 8.11. The Bertz CT molecular complexity index is 775. The van der Waals surface area contributed by atoms with Crippen LogP contribution < -0.4 is 10.6 Å². The first-order valence-electron chi connectivity index (χ1n) is 17.9. The van der Waals surface area contributed by atoms with Gasteiger partial charge >= 0.3 is 12.2 Å². The van der Waals surface area contributed by atoms with Crippen molar-refractivity contribution in [3.8, 4) is 0 Å². The number of nitrogens with one attached hydrogen (secondary N) is 2. The van der Waals surface area contributed by atoms with Crippen LogP contribution in [0.1, 0.15) is 130 Å². The molecule has 0 aliphatic heterocycles. The van der Waals surface area contributed by atoms with Crippen LogP contribution in [-0.4, -0.2) is 74.5 Å². The summed E-state index contributed by atoms with van der Waals surface area (Å²) in [7, 11) is 0. The van der Waals surface area contributed by atoms with Gasteiger partial charge in [0.05, 0.1) is 13.2 Å². The standard InChI is InChI=1S/C36H66N4O4/c1-5-9-11-13-15-17-19-26-39(7-3)28-22-30-43-35(41)37-33-24-21-25-34(32-33)38-36(42)44-31-23-29-40(8-4)27-20-18-16-14-12-10-6-2/h21,24-25,32H,5-20,22-23,26-31H2,1-4H3,(H,37,41)(H,38,42). The number of carbonyl (C=O) groups excluding carboxylic acids is 2. The third-order valence-corrected chi connectivity index (χ3v) is 8.11. The van der Waals surface area contributed by atoms with E-state index < -0.39 is 12.2 Å². The molecule has 0 aliphatic carbocycles. The van der Waals surface area contributed by atoms with Crippen molar-refractivity contribution in [3.05, 3.63) is 24.3 Å². The Hall–Kier alpha value is -2.32. The van der Waals surface area contributed by atoms with Crippen LogP contribution in [0.15, 0.2) is 24.3 Å². The minimum absolute atomic E-state index is 0.373. The van der Waals surface area contributed by atoms with Crippen LogP contribution in [0, 0.1) is 0 Å². The van der Waals surface area contributed by atoms with E-state index in [0.717, 1.165) is 52.1 Å². The molecule has 0 bridgehead atoms. The Morgan fingerprint density at radius 3 is 1.30 bits per heavy atom. The molecule has 8 heteroatoms. The van der Waals surface area contributed by atoms with Crippen molar-refractivity contribution in [1.82, 2.24) is 9.80 Å². The fourth-order valence-corrected chi connectivity index (χ4v) is 5.33. The number of ether oxygens (including phenoxy) is 2. The van der Waals surface area contributed by atoms with Gasteiger partial charge in [0.25, 0.3) is 0 Å². The molecule has 44 heavy (non-hydrogen) atoms. The number of unbranched alkanes of at least 4 members (excludes halogenated alkanes) is 12. The van der Waals surface area contributed by atoms with Crippen molar-refractivity contribution >= 4 is 23.6 Å². The summed E-state index contributed by atoms with van der Waals surface area (Å²) in [5, 5.41) is 5.51. The molecule has 0 saturated carbocycles. The molecule has 0 fully saturated rings. The van der Waals surface area contributed by atoms with Crippen LogP contribution >= 0.6 is 0 Å². The van der Waals surface area contributed by atoms with Gasteiger partial charge in [-0.1, -0.05) is 111 Å². The summed E-state index contributed by atoms with van der Waals surface area (Å²) >= 11 is 0. The van der Waals surface area contributed by atoms with E-state index in [1.54, 1.807) is 24.3 Å². The smallest absolute Gasteiger partial charge is 0.411 e. The summed E-state index contributed by atoms with van der Waals surface area (Å²) in [4.78, 5) is 29.5. The van der Waals surface area contributed by atoms with Gasteiger partial charge in [-0.15, -0.1) is 0 Å². The quantitative estimate of drug-likeness (QED) is 0.0910. The van der Waals surface area contributed by atoms with Crippen LogP contribution in [0.5, 0.6) is 0 Å². The molecule has 8 nitrogen and oxygen atoms in total. The number of amides is 2. The Kier molecular flexibility index (Phi) is 25.4. The molecule has 1 rings (SSSR count). The van der Waals surface area contributed by atoms with E-state index in [0.29, 0.717) is 24.6 Å². The molecular formula is C36H66N4O4. The Morgan fingerprint density at radius 1 is 0.545 bits per heavy atom. The molecule has 0 saturated heterocycles.